The van der Waals surface area contributed by atoms with E-state index in [1.54, 1.807) is 12.4 Å². The fraction of sp³-hybridized carbons (Fsp3) is 0.0588. The number of aromatic nitrogens is 2. The van der Waals surface area contributed by atoms with E-state index in [0.717, 1.165) is 29.6 Å². The molecule has 0 aliphatic carbocycles. The Kier molecular flexibility index (Phi) is 2.78. The molecule has 0 radical (unpaired) electrons. The minimum atomic E-state index is 0.769. The molecule has 0 atom stereocenters. The summed E-state index contributed by atoms with van der Waals surface area (Å²) in [7, 11) is 0. The highest BCUT2D eigenvalue weighted by molar-refractivity contribution is 5.87. The van der Waals surface area contributed by atoms with Gasteiger partial charge in [0.25, 0.3) is 0 Å². The smallest absolute Gasteiger partial charge is 0.177 e. The topological polar surface area (TPSA) is 41.0 Å². The molecule has 3 aromatic rings. The molecule has 2 heterocycles. The number of fused-ring (bicyclic) bond motifs is 2. The van der Waals surface area contributed by atoms with Crippen LogP contribution in [0.2, 0.25) is 0 Å². The summed E-state index contributed by atoms with van der Waals surface area (Å²) in [4.78, 5) is 11.1. The van der Waals surface area contributed by atoms with Gasteiger partial charge in [0.2, 0.25) is 0 Å². The highest BCUT2D eigenvalue weighted by atomic mass is 15.3. The van der Waals surface area contributed by atoms with E-state index in [9.17, 15) is 0 Å². The molecule has 4 nitrogen and oxygen atoms in total. The summed E-state index contributed by atoms with van der Waals surface area (Å²) in [6.45, 7) is 0.769. The number of benzene rings is 2. The molecule has 1 aliphatic rings. The molecule has 0 fully saturated rings. The van der Waals surface area contributed by atoms with Crippen LogP contribution in [0.5, 0.6) is 0 Å². The summed E-state index contributed by atoms with van der Waals surface area (Å²) in [5.41, 5.74) is 3.42. The van der Waals surface area contributed by atoms with Crippen molar-refractivity contribution in [2.24, 2.45) is 0 Å². The standard InChI is InChI=1S/C17H14N4/c1-2-6-13(7-3-1)12-21-15-9-5-4-8-14(15)20-16-17(21)19-11-10-18-16/h1-11H,12H2,(H,18,20). The van der Waals surface area contributed by atoms with E-state index in [1.807, 2.05) is 18.2 Å². The third-order valence-electron chi connectivity index (χ3n) is 3.57. The van der Waals surface area contributed by atoms with Crippen molar-refractivity contribution in [1.82, 2.24) is 9.97 Å². The maximum absolute atomic E-state index is 4.50. The average Bonchev–Trinajstić information content (AvgIpc) is 2.55. The zero-order chi connectivity index (χ0) is 14.1. The zero-order valence-corrected chi connectivity index (χ0v) is 11.4. The molecule has 21 heavy (non-hydrogen) atoms. The van der Waals surface area contributed by atoms with Crippen molar-refractivity contribution in [3.63, 3.8) is 0 Å². The van der Waals surface area contributed by atoms with Crippen molar-refractivity contribution in [3.05, 3.63) is 72.6 Å². The largest absolute Gasteiger partial charge is 0.335 e. The fourth-order valence-electron chi connectivity index (χ4n) is 2.60. The van der Waals surface area contributed by atoms with Crippen LogP contribution in [0.4, 0.5) is 23.0 Å². The van der Waals surface area contributed by atoms with Crippen LogP contribution in [0.3, 0.4) is 0 Å². The molecule has 0 spiro atoms. The molecule has 0 amide bonds. The minimum absolute atomic E-state index is 0.769. The average molecular weight is 274 g/mol. The van der Waals surface area contributed by atoms with Gasteiger partial charge in [0.15, 0.2) is 11.6 Å². The second kappa shape index (κ2) is 4.90. The number of rotatable bonds is 2. The van der Waals surface area contributed by atoms with Crippen LogP contribution in [0.15, 0.2) is 67.0 Å². The lowest BCUT2D eigenvalue weighted by molar-refractivity contribution is 0.930. The summed E-state index contributed by atoms with van der Waals surface area (Å²) in [5, 5.41) is 3.34. The zero-order valence-electron chi connectivity index (χ0n) is 11.4. The van der Waals surface area contributed by atoms with Gasteiger partial charge < -0.3 is 10.2 Å². The van der Waals surface area contributed by atoms with E-state index >= 15 is 0 Å². The number of hydrogen-bond acceptors (Lipinski definition) is 4. The second-order valence-corrected chi connectivity index (χ2v) is 4.94. The van der Waals surface area contributed by atoms with Gasteiger partial charge >= 0.3 is 0 Å². The lowest BCUT2D eigenvalue weighted by Crippen LogP contribution is -2.23. The SMILES string of the molecule is c1ccc(CN2c3ccccc3Nc3nccnc32)cc1. The Morgan fingerprint density at radius 3 is 2.52 bits per heavy atom. The molecule has 0 saturated heterocycles. The molecule has 4 heteroatoms. The molecule has 1 N–H and O–H groups in total. The van der Waals surface area contributed by atoms with Gasteiger partial charge in [0.05, 0.1) is 11.4 Å². The molecule has 0 saturated carbocycles. The van der Waals surface area contributed by atoms with E-state index in [2.05, 4.69) is 56.6 Å². The molecule has 0 unspecified atom stereocenters. The highest BCUT2D eigenvalue weighted by Gasteiger charge is 2.24. The highest BCUT2D eigenvalue weighted by Crippen LogP contribution is 2.41. The third kappa shape index (κ3) is 2.10. The van der Waals surface area contributed by atoms with E-state index in [0.29, 0.717) is 0 Å². The molecule has 2 aromatic carbocycles. The number of anilines is 4. The maximum Gasteiger partial charge on any atom is 0.177 e. The lowest BCUT2D eigenvalue weighted by Gasteiger charge is -2.31. The van der Waals surface area contributed by atoms with Crippen molar-refractivity contribution in [1.29, 1.82) is 0 Å². The first-order chi connectivity index (χ1) is 10.4. The van der Waals surface area contributed by atoms with Crippen molar-refractivity contribution >= 4 is 23.0 Å². The minimum Gasteiger partial charge on any atom is -0.335 e. The Labute approximate surface area is 123 Å². The van der Waals surface area contributed by atoms with Crippen LogP contribution in [0.1, 0.15) is 5.56 Å². The fourth-order valence-corrected chi connectivity index (χ4v) is 2.60. The second-order valence-electron chi connectivity index (χ2n) is 4.94. The van der Waals surface area contributed by atoms with Gasteiger partial charge in [-0.15, -0.1) is 0 Å². The predicted molar refractivity (Wildman–Crippen MR) is 84.0 cm³/mol. The van der Waals surface area contributed by atoms with E-state index in [-0.39, 0.29) is 0 Å². The number of hydrogen-bond donors (Lipinski definition) is 1. The number of nitrogens with one attached hydrogen (secondary N) is 1. The van der Waals surface area contributed by atoms with Gasteiger partial charge in [-0.2, -0.15) is 0 Å². The summed E-state index contributed by atoms with van der Waals surface area (Å²) in [6, 6.07) is 18.6. The van der Waals surface area contributed by atoms with Crippen LogP contribution >= 0.6 is 0 Å². The summed E-state index contributed by atoms with van der Waals surface area (Å²) in [6.07, 6.45) is 3.44. The van der Waals surface area contributed by atoms with E-state index in [1.165, 1.54) is 5.56 Å². The van der Waals surface area contributed by atoms with Crippen LogP contribution in [-0.2, 0) is 6.54 Å². The van der Waals surface area contributed by atoms with E-state index < -0.39 is 0 Å². The summed E-state index contributed by atoms with van der Waals surface area (Å²) >= 11 is 0. The Morgan fingerprint density at radius 2 is 1.62 bits per heavy atom. The summed E-state index contributed by atoms with van der Waals surface area (Å²) < 4.78 is 0. The first-order valence-electron chi connectivity index (χ1n) is 6.90. The molecule has 1 aromatic heterocycles. The number of para-hydroxylation sites is 2. The number of nitrogens with zero attached hydrogens (tertiary/aromatic N) is 3. The molecule has 4 rings (SSSR count). The van der Waals surface area contributed by atoms with Gasteiger partial charge in [0.1, 0.15) is 0 Å². The first kappa shape index (κ1) is 11.9. The normalized spacial score (nSPS) is 12.3. The van der Waals surface area contributed by atoms with Gasteiger partial charge in [0, 0.05) is 18.9 Å². The monoisotopic (exact) mass is 274 g/mol. The maximum atomic E-state index is 4.50. The van der Waals surface area contributed by atoms with Gasteiger partial charge in [-0.05, 0) is 17.7 Å². The Morgan fingerprint density at radius 1 is 0.857 bits per heavy atom. The molecule has 102 valence electrons. The van der Waals surface area contributed by atoms with E-state index in [4.69, 9.17) is 0 Å². The van der Waals surface area contributed by atoms with Gasteiger partial charge in [-0.1, -0.05) is 42.5 Å². The Bertz CT molecular complexity index is 725. The van der Waals surface area contributed by atoms with Crippen LogP contribution in [0, 0.1) is 0 Å². The Balaban J connectivity index is 1.82. The van der Waals surface area contributed by atoms with Crippen molar-refractivity contribution in [2.45, 2.75) is 6.54 Å². The van der Waals surface area contributed by atoms with Gasteiger partial charge in [-0.3, -0.25) is 0 Å². The lowest BCUT2D eigenvalue weighted by atomic mass is 10.1. The molecular formula is C17H14N4. The Hall–Kier alpha value is -2.88. The molecule has 0 bridgehead atoms. The first-order valence-corrected chi connectivity index (χ1v) is 6.90. The summed E-state index contributed by atoms with van der Waals surface area (Å²) in [5.74, 6) is 1.66. The van der Waals surface area contributed by atoms with Crippen LogP contribution in [0.25, 0.3) is 0 Å². The predicted octanol–water partition coefficient (Wildman–Crippen LogP) is 3.87. The van der Waals surface area contributed by atoms with Crippen LogP contribution < -0.4 is 10.2 Å². The molecule has 1 aliphatic heterocycles. The van der Waals surface area contributed by atoms with Gasteiger partial charge in [-0.25, -0.2) is 9.97 Å². The van der Waals surface area contributed by atoms with Crippen LogP contribution in [-0.4, -0.2) is 9.97 Å². The van der Waals surface area contributed by atoms with Crippen molar-refractivity contribution < 1.29 is 0 Å². The third-order valence-corrected chi connectivity index (χ3v) is 3.57. The molecular weight excluding hydrogens is 260 g/mol. The quantitative estimate of drug-likeness (QED) is 0.770. The van der Waals surface area contributed by atoms with Crippen molar-refractivity contribution in [2.75, 3.05) is 10.2 Å². The van der Waals surface area contributed by atoms with Crippen molar-refractivity contribution in [3.8, 4) is 0 Å².